The van der Waals surface area contributed by atoms with Gasteiger partial charge >= 0.3 is 0 Å². The largest absolute Gasteiger partial charge is 0.354 e. The highest BCUT2D eigenvalue weighted by Gasteiger charge is 2.03. The van der Waals surface area contributed by atoms with E-state index >= 15 is 0 Å². The number of rotatable bonds is 5. The van der Waals surface area contributed by atoms with Crippen molar-refractivity contribution in [1.82, 2.24) is 9.97 Å². The summed E-state index contributed by atoms with van der Waals surface area (Å²) in [6.45, 7) is 7.27. The van der Waals surface area contributed by atoms with Gasteiger partial charge in [0.2, 0.25) is 5.95 Å². The minimum atomic E-state index is 0.568. The molecule has 3 nitrogen and oxygen atoms in total. The number of nitrogens with one attached hydrogen (secondary N) is 1. The summed E-state index contributed by atoms with van der Waals surface area (Å²) in [7, 11) is 0. The molecule has 4 heteroatoms. The van der Waals surface area contributed by atoms with Gasteiger partial charge in [0, 0.05) is 17.6 Å². The fourth-order valence-electron chi connectivity index (χ4n) is 1.68. The lowest BCUT2D eigenvalue weighted by Crippen LogP contribution is -2.01. The van der Waals surface area contributed by atoms with Crippen molar-refractivity contribution in [3.05, 3.63) is 42.1 Å². The van der Waals surface area contributed by atoms with Crippen LogP contribution in [0.15, 0.2) is 46.5 Å². The molecule has 0 unspecified atom stereocenters. The van der Waals surface area contributed by atoms with E-state index in [1.807, 2.05) is 13.0 Å². The first-order valence-electron chi connectivity index (χ1n) is 6.53. The van der Waals surface area contributed by atoms with Crippen molar-refractivity contribution in [2.75, 3.05) is 11.9 Å². The second-order valence-corrected chi connectivity index (χ2v) is 5.67. The van der Waals surface area contributed by atoms with E-state index in [0.717, 1.165) is 11.6 Å². The van der Waals surface area contributed by atoms with Crippen LogP contribution in [0.4, 0.5) is 5.95 Å². The first-order valence-corrected chi connectivity index (χ1v) is 7.35. The molecule has 0 aliphatic heterocycles. The van der Waals surface area contributed by atoms with E-state index in [-0.39, 0.29) is 0 Å². The van der Waals surface area contributed by atoms with E-state index in [0.29, 0.717) is 11.9 Å². The Morgan fingerprint density at radius 1 is 1.16 bits per heavy atom. The van der Waals surface area contributed by atoms with Crippen LogP contribution in [0.1, 0.15) is 32.3 Å². The molecule has 2 aromatic rings. The van der Waals surface area contributed by atoms with Crippen LogP contribution in [0, 0.1) is 0 Å². The normalized spacial score (nSPS) is 10.7. The predicted molar refractivity (Wildman–Crippen MR) is 80.8 cm³/mol. The summed E-state index contributed by atoms with van der Waals surface area (Å²) in [5.41, 5.74) is 1.36. The molecule has 0 saturated carbocycles. The molecule has 19 heavy (non-hydrogen) atoms. The molecule has 0 aliphatic carbocycles. The van der Waals surface area contributed by atoms with Crippen LogP contribution in [0.5, 0.6) is 0 Å². The average Bonchev–Trinajstić information content (AvgIpc) is 2.40. The third-order valence-electron chi connectivity index (χ3n) is 2.73. The topological polar surface area (TPSA) is 37.8 Å². The second-order valence-electron chi connectivity index (χ2n) is 4.57. The quantitative estimate of drug-likeness (QED) is 0.829. The Bertz CT molecular complexity index is 523. The van der Waals surface area contributed by atoms with E-state index in [1.165, 1.54) is 10.5 Å². The lowest BCUT2D eigenvalue weighted by molar-refractivity contribution is 0.865. The van der Waals surface area contributed by atoms with Gasteiger partial charge in [-0.05, 0) is 36.6 Å². The van der Waals surface area contributed by atoms with Gasteiger partial charge in [-0.1, -0.05) is 37.7 Å². The van der Waals surface area contributed by atoms with Crippen LogP contribution in [0.3, 0.4) is 0 Å². The molecule has 2 rings (SSSR count). The van der Waals surface area contributed by atoms with E-state index < -0.39 is 0 Å². The Balaban J connectivity index is 2.10. The van der Waals surface area contributed by atoms with Gasteiger partial charge in [-0.2, -0.15) is 0 Å². The fourth-order valence-corrected chi connectivity index (χ4v) is 2.46. The Kier molecular flexibility index (Phi) is 4.80. The number of anilines is 1. The third kappa shape index (κ3) is 3.96. The lowest BCUT2D eigenvalue weighted by Gasteiger charge is -2.07. The van der Waals surface area contributed by atoms with Gasteiger partial charge in [0.1, 0.15) is 5.03 Å². The van der Waals surface area contributed by atoms with E-state index in [9.17, 15) is 0 Å². The molecule has 0 bridgehead atoms. The van der Waals surface area contributed by atoms with Gasteiger partial charge < -0.3 is 5.32 Å². The maximum Gasteiger partial charge on any atom is 0.223 e. The summed E-state index contributed by atoms with van der Waals surface area (Å²) in [6, 6.07) is 10.6. The van der Waals surface area contributed by atoms with E-state index in [2.05, 4.69) is 53.4 Å². The summed E-state index contributed by atoms with van der Waals surface area (Å²) in [6.07, 6.45) is 1.79. The van der Waals surface area contributed by atoms with Gasteiger partial charge in [0.05, 0.1) is 0 Å². The monoisotopic (exact) mass is 273 g/mol. The van der Waals surface area contributed by atoms with Crippen molar-refractivity contribution in [3.8, 4) is 0 Å². The molecule has 1 aromatic carbocycles. The molecule has 1 aromatic heterocycles. The van der Waals surface area contributed by atoms with Crippen molar-refractivity contribution >= 4 is 17.7 Å². The predicted octanol–water partition coefficient (Wildman–Crippen LogP) is 4.18. The Hall–Kier alpha value is -1.55. The zero-order valence-corrected chi connectivity index (χ0v) is 12.4. The maximum atomic E-state index is 4.46. The third-order valence-corrected chi connectivity index (χ3v) is 3.68. The van der Waals surface area contributed by atoms with Crippen LogP contribution in [-0.2, 0) is 0 Å². The number of nitrogens with zero attached hydrogens (tertiary/aromatic N) is 2. The molecule has 1 heterocycles. The molecule has 1 N–H and O–H groups in total. The average molecular weight is 273 g/mol. The first-order chi connectivity index (χ1) is 9.19. The molecule has 0 amide bonds. The highest BCUT2D eigenvalue weighted by atomic mass is 32.2. The molecule has 0 fully saturated rings. The summed E-state index contributed by atoms with van der Waals surface area (Å²) in [5.74, 6) is 1.25. The van der Waals surface area contributed by atoms with Crippen LogP contribution in [0.2, 0.25) is 0 Å². The zero-order valence-electron chi connectivity index (χ0n) is 11.6. The van der Waals surface area contributed by atoms with Crippen molar-refractivity contribution in [3.63, 3.8) is 0 Å². The Morgan fingerprint density at radius 2 is 1.89 bits per heavy atom. The molecular formula is C15H19N3S. The minimum Gasteiger partial charge on any atom is -0.354 e. The van der Waals surface area contributed by atoms with E-state index in [4.69, 9.17) is 0 Å². The molecule has 0 radical (unpaired) electrons. The van der Waals surface area contributed by atoms with Gasteiger partial charge in [-0.15, -0.1) is 0 Å². The smallest absolute Gasteiger partial charge is 0.223 e. The number of hydrogen-bond acceptors (Lipinski definition) is 4. The maximum absolute atomic E-state index is 4.46. The molecule has 100 valence electrons. The van der Waals surface area contributed by atoms with Crippen molar-refractivity contribution in [1.29, 1.82) is 0 Å². The SMILES string of the molecule is CCNc1nccc(Sc2ccc(C(C)C)cc2)n1. The Morgan fingerprint density at radius 3 is 2.53 bits per heavy atom. The van der Waals surface area contributed by atoms with Gasteiger partial charge in [0.15, 0.2) is 0 Å². The highest BCUT2D eigenvalue weighted by molar-refractivity contribution is 7.99. The fraction of sp³-hybridized carbons (Fsp3) is 0.333. The lowest BCUT2D eigenvalue weighted by atomic mass is 10.0. The number of benzene rings is 1. The molecule has 0 spiro atoms. The second kappa shape index (κ2) is 6.57. The first kappa shape index (κ1) is 13.9. The Labute approximate surface area is 118 Å². The zero-order chi connectivity index (χ0) is 13.7. The molecular weight excluding hydrogens is 254 g/mol. The summed E-state index contributed by atoms with van der Waals surface area (Å²) in [5, 5.41) is 4.08. The van der Waals surface area contributed by atoms with Crippen molar-refractivity contribution < 1.29 is 0 Å². The summed E-state index contributed by atoms with van der Waals surface area (Å²) < 4.78 is 0. The minimum absolute atomic E-state index is 0.568. The summed E-state index contributed by atoms with van der Waals surface area (Å²) in [4.78, 5) is 9.83. The standard InChI is InChI=1S/C15H19N3S/c1-4-16-15-17-10-9-14(18-15)19-13-7-5-12(6-8-13)11(2)3/h5-11H,4H2,1-3H3,(H,16,17,18). The van der Waals surface area contributed by atoms with Crippen molar-refractivity contribution in [2.45, 2.75) is 36.6 Å². The van der Waals surface area contributed by atoms with E-state index in [1.54, 1.807) is 18.0 Å². The molecule has 0 atom stereocenters. The molecule has 0 saturated heterocycles. The van der Waals surface area contributed by atoms with Crippen LogP contribution in [-0.4, -0.2) is 16.5 Å². The van der Waals surface area contributed by atoms with Gasteiger partial charge in [0.25, 0.3) is 0 Å². The van der Waals surface area contributed by atoms with Crippen molar-refractivity contribution in [2.24, 2.45) is 0 Å². The van der Waals surface area contributed by atoms with Crippen LogP contribution in [0.25, 0.3) is 0 Å². The van der Waals surface area contributed by atoms with Gasteiger partial charge in [-0.3, -0.25) is 0 Å². The summed E-state index contributed by atoms with van der Waals surface area (Å²) >= 11 is 1.66. The van der Waals surface area contributed by atoms with Gasteiger partial charge in [-0.25, -0.2) is 9.97 Å². The highest BCUT2D eigenvalue weighted by Crippen LogP contribution is 2.27. The van der Waals surface area contributed by atoms with Crippen LogP contribution < -0.4 is 5.32 Å². The number of hydrogen-bond donors (Lipinski definition) is 1. The number of aromatic nitrogens is 2. The molecule has 0 aliphatic rings. The van der Waals surface area contributed by atoms with Crippen LogP contribution >= 0.6 is 11.8 Å².